The third kappa shape index (κ3) is 2.89. The monoisotopic (exact) mass is 283 g/mol. The fourth-order valence-corrected chi connectivity index (χ4v) is 1.95. The zero-order valence-corrected chi connectivity index (χ0v) is 11.0. The van der Waals surface area contributed by atoms with E-state index in [9.17, 15) is 4.79 Å². The molecule has 106 valence electrons. The number of carbonyl (C=O) groups excluding carboxylic acids is 1. The summed E-state index contributed by atoms with van der Waals surface area (Å²) in [6.07, 6.45) is 3.12. The van der Waals surface area contributed by atoms with E-state index in [1.807, 2.05) is 24.3 Å². The number of rotatable bonds is 4. The van der Waals surface area contributed by atoms with E-state index in [0.717, 1.165) is 16.6 Å². The van der Waals surface area contributed by atoms with Crippen LogP contribution in [0.25, 0.3) is 11.0 Å². The smallest absolute Gasteiger partial charge is 0.312 e. The second-order valence-corrected chi connectivity index (χ2v) is 4.40. The first-order valence-corrected chi connectivity index (χ1v) is 6.26. The molecule has 0 spiro atoms. The molecule has 2 heterocycles. The Balaban J connectivity index is 1.83. The zero-order valence-electron chi connectivity index (χ0n) is 11.0. The Kier molecular flexibility index (Phi) is 3.34. The predicted molar refractivity (Wildman–Crippen MR) is 77.8 cm³/mol. The molecule has 0 aliphatic heterocycles. The van der Waals surface area contributed by atoms with Crippen molar-refractivity contribution in [1.29, 1.82) is 0 Å². The van der Waals surface area contributed by atoms with Crippen LogP contribution in [0.3, 0.4) is 0 Å². The van der Waals surface area contributed by atoms with Crippen LogP contribution in [0.2, 0.25) is 0 Å². The fourth-order valence-electron chi connectivity index (χ4n) is 1.95. The summed E-state index contributed by atoms with van der Waals surface area (Å²) < 4.78 is 0. The van der Waals surface area contributed by atoms with Gasteiger partial charge in [0.25, 0.3) is 0 Å². The highest BCUT2D eigenvalue weighted by Gasteiger charge is 2.06. The molecule has 0 saturated carbocycles. The van der Waals surface area contributed by atoms with Crippen LogP contribution in [0.15, 0.2) is 36.8 Å². The Morgan fingerprint density at radius 3 is 3.10 bits per heavy atom. The molecule has 0 bridgehead atoms. The molecule has 2 amide bonds. The van der Waals surface area contributed by atoms with Crippen molar-refractivity contribution in [3.63, 3.8) is 0 Å². The van der Waals surface area contributed by atoms with Crippen molar-refractivity contribution < 1.29 is 4.79 Å². The Hall–Kier alpha value is -3.16. The summed E-state index contributed by atoms with van der Waals surface area (Å²) in [5.41, 5.74) is 7.50. The summed E-state index contributed by atoms with van der Waals surface area (Å²) in [4.78, 5) is 19.0. The number of nitrogens with zero attached hydrogens (tertiary/aromatic N) is 3. The molecule has 0 atom stereocenters. The summed E-state index contributed by atoms with van der Waals surface area (Å²) in [6.45, 7) is 0.371. The SMILES string of the molecule is NC(=O)NCc1cccc(Nc2ncnc3[nH]ncc23)c1. The van der Waals surface area contributed by atoms with Crippen LogP contribution in [0, 0.1) is 0 Å². The standard InChI is InChI=1S/C13H13N7O/c14-13(21)15-5-8-2-1-3-9(4-8)19-11-10-6-18-20-12(10)17-7-16-11/h1-4,6-7H,5H2,(H3,14,15,21)(H2,16,17,18,19,20). The number of carbonyl (C=O) groups is 1. The van der Waals surface area contributed by atoms with Gasteiger partial charge in [0.05, 0.1) is 11.6 Å². The molecule has 5 N–H and O–H groups in total. The lowest BCUT2D eigenvalue weighted by molar-refractivity contribution is 0.248. The van der Waals surface area contributed by atoms with Gasteiger partial charge in [0.1, 0.15) is 12.1 Å². The number of aromatic nitrogens is 4. The lowest BCUT2D eigenvalue weighted by atomic mass is 10.2. The van der Waals surface area contributed by atoms with E-state index in [2.05, 4.69) is 30.8 Å². The molecule has 0 radical (unpaired) electrons. The van der Waals surface area contributed by atoms with Crippen molar-refractivity contribution in [2.45, 2.75) is 6.54 Å². The molecule has 21 heavy (non-hydrogen) atoms. The molecule has 3 aromatic rings. The average molecular weight is 283 g/mol. The topological polar surface area (TPSA) is 122 Å². The molecule has 0 aliphatic carbocycles. The number of hydrogen-bond donors (Lipinski definition) is 4. The number of aromatic amines is 1. The van der Waals surface area contributed by atoms with Gasteiger partial charge in [0, 0.05) is 12.2 Å². The van der Waals surface area contributed by atoms with Crippen LogP contribution < -0.4 is 16.4 Å². The van der Waals surface area contributed by atoms with Gasteiger partial charge in [-0.3, -0.25) is 5.10 Å². The number of nitrogens with one attached hydrogen (secondary N) is 3. The molecule has 8 nitrogen and oxygen atoms in total. The average Bonchev–Trinajstić information content (AvgIpc) is 2.95. The Morgan fingerprint density at radius 1 is 1.33 bits per heavy atom. The Bertz CT molecular complexity index is 783. The summed E-state index contributed by atoms with van der Waals surface area (Å²) in [5, 5.41) is 13.3. The number of H-pyrrole nitrogens is 1. The van der Waals surface area contributed by atoms with Crippen LogP contribution >= 0.6 is 0 Å². The maximum atomic E-state index is 10.7. The number of fused-ring (bicyclic) bond motifs is 1. The first-order chi connectivity index (χ1) is 10.2. The summed E-state index contributed by atoms with van der Waals surface area (Å²) in [7, 11) is 0. The normalized spacial score (nSPS) is 10.5. The maximum Gasteiger partial charge on any atom is 0.312 e. The van der Waals surface area contributed by atoms with Gasteiger partial charge in [-0.15, -0.1) is 0 Å². The van der Waals surface area contributed by atoms with Crippen LogP contribution in [0.5, 0.6) is 0 Å². The number of primary amides is 1. The van der Waals surface area contributed by atoms with Gasteiger partial charge >= 0.3 is 6.03 Å². The minimum Gasteiger partial charge on any atom is -0.352 e. The Morgan fingerprint density at radius 2 is 2.24 bits per heavy atom. The van der Waals surface area contributed by atoms with Crippen LogP contribution in [0.1, 0.15) is 5.56 Å². The number of nitrogens with two attached hydrogens (primary N) is 1. The molecular formula is C13H13N7O. The maximum absolute atomic E-state index is 10.7. The summed E-state index contributed by atoms with van der Waals surface area (Å²) in [6, 6.07) is 7.04. The summed E-state index contributed by atoms with van der Waals surface area (Å²) >= 11 is 0. The van der Waals surface area contributed by atoms with Crippen molar-refractivity contribution in [3.05, 3.63) is 42.4 Å². The summed E-state index contributed by atoms with van der Waals surface area (Å²) in [5.74, 6) is 0.661. The third-order valence-corrected chi connectivity index (χ3v) is 2.90. The van der Waals surface area contributed by atoms with E-state index in [1.54, 1.807) is 6.20 Å². The van der Waals surface area contributed by atoms with Crippen molar-refractivity contribution in [1.82, 2.24) is 25.5 Å². The minimum absolute atomic E-state index is 0.371. The van der Waals surface area contributed by atoms with E-state index in [1.165, 1.54) is 6.33 Å². The first-order valence-electron chi connectivity index (χ1n) is 6.26. The van der Waals surface area contributed by atoms with Crippen molar-refractivity contribution in [3.8, 4) is 0 Å². The molecule has 3 rings (SSSR count). The molecule has 0 unspecified atom stereocenters. The highest BCUT2D eigenvalue weighted by atomic mass is 16.2. The minimum atomic E-state index is -0.552. The molecule has 8 heteroatoms. The van der Waals surface area contributed by atoms with Crippen LogP contribution in [-0.2, 0) is 6.54 Å². The van der Waals surface area contributed by atoms with Gasteiger partial charge in [-0.05, 0) is 17.7 Å². The largest absolute Gasteiger partial charge is 0.352 e. The fraction of sp³-hybridized carbons (Fsp3) is 0.0769. The predicted octanol–water partition coefficient (Wildman–Crippen LogP) is 1.26. The molecule has 1 aromatic carbocycles. The molecule has 0 saturated heterocycles. The lowest BCUT2D eigenvalue weighted by Gasteiger charge is -2.08. The molecule has 2 aromatic heterocycles. The number of anilines is 2. The van der Waals surface area contributed by atoms with Crippen LogP contribution in [0.4, 0.5) is 16.3 Å². The second kappa shape index (κ2) is 5.45. The number of urea groups is 1. The van der Waals surface area contributed by atoms with Crippen LogP contribution in [-0.4, -0.2) is 26.2 Å². The van der Waals surface area contributed by atoms with E-state index in [4.69, 9.17) is 5.73 Å². The van der Waals surface area contributed by atoms with Crippen molar-refractivity contribution >= 4 is 28.6 Å². The highest BCUT2D eigenvalue weighted by Crippen LogP contribution is 2.21. The van der Waals surface area contributed by atoms with Gasteiger partial charge in [-0.1, -0.05) is 12.1 Å². The third-order valence-electron chi connectivity index (χ3n) is 2.90. The van der Waals surface area contributed by atoms with E-state index in [-0.39, 0.29) is 0 Å². The van der Waals surface area contributed by atoms with Crippen molar-refractivity contribution in [2.75, 3.05) is 5.32 Å². The quantitative estimate of drug-likeness (QED) is 0.574. The zero-order chi connectivity index (χ0) is 14.7. The van der Waals surface area contributed by atoms with E-state index >= 15 is 0 Å². The van der Waals surface area contributed by atoms with E-state index < -0.39 is 6.03 Å². The molecular weight excluding hydrogens is 270 g/mol. The van der Waals surface area contributed by atoms with Gasteiger partial charge in [0.15, 0.2) is 5.65 Å². The van der Waals surface area contributed by atoms with Gasteiger partial charge in [-0.25, -0.2) is 14.8 Å². The van der Waals surface area contributed by atoms with Crippen molar-refractivity contribution in [2.24, 2.45) is 5.73 Å². The van der Waals surface area contributed by atoms with Gasteiger partial charge < -0.3 is 16.4 Å². The number of benzene rings is 1. The van der Waals surface area contributed by atoms with Gasteiger partial charge in [0.2, 0.25) is 0 Å². The second-order valence-electron chi connectivity index (χ2n) is 4.40. The Labute approximate surface area is 119 Å². The number of hydrogen-bond acceptors (Lipinski definition) is 5. The van der Waals surface area contributed by atoms with Gasteiger partial charge in [-0.2, -0.15) is 5.10 Å². The lowest BCUT2D eigenvalue weighted by Crippen LogP contribution is -2.28. The molecule has 0 fully saturated rings. The first kappa shape index (κ1) is 12.9. The van der Waals surface area contributed by atoms with E-state index in [0.29, 0.717) is 18.0 Å². The molecule has 0 aliphatic rings. The highest BCUT2D eigenvalue weighted by molar-refractivity contribution is 5.87. The number of amides is 2.